The largest absolute Gasteiger partial charge is 5.00 e. The standard InChI is InChI=1S/C19H20PSi.4CH3.2ClH.Cr/c1-21(2,19-15-9-10-16-19)20(17-11-5-3-6-12-17)18-13-7-4-8-14-18;;;;;;;/h3-9,11-15H,10H2,1-2H3;4*1H3;2*1H;/q5*-1;;;+5. The first-order valence-electron chi connectivity index (χ1n) is 7.38. The van der Waals surface area contributed by atoms with E-state index < -0.39 is 7.74 Å². The molecule has 5 heteroatoms. The van der Waals surface area contributed by atoms with Crippen molar-refractivity contribution in [1.82, 2.24) is 0 Å². The Morgan fingerprint density at radius 2 is 1.14 bits per heavy atom. The molecule has 0 unspecified atom stereocenters. The van der Waals surface area contributed by atoms with Crippen LogP contribution in [0.1, 0.15) is 6.42 Å². The maximum Gasteiger partial charge on any atom is 5.00 e. The van der Waals surface area contributed by atoms with Crippen LogP contribution in [0, 0.1) is 35.8 Å². The van der Waals surface area contributed by atoms with Crippen molar-refractivity contribution in [2.75, 3.05) is 0 Å². The fourth-order valence-electron chi connectivity index (χ4n) is 2.89. The molecule has 2 aromatic rings. The summed E-state index contributed by atoms with van der Waals surface area (Å²) in [7, 11) is -1.91. The molecule has 1 aliphatic carbocycles. The molecule has 0 heterocycles. The predicted molar refractivity (Wildman–Crippen MR) is 137 cm³/mol. The SMILES string of the molecule is C[Si](C)(C1=[C-]CC=C1)P(c1ccccc1)c1ccccc1.Cl.Cl.[CH3-].[CH3-].[CH3-].[CH3-].[Cr+5]. The molecule has 2 aromatic carbocycles. The van der Waals surface area contributed by atoms with Crippen LogP contribution in [0.5, 0.6) is 0 Å². The van der Waals surface area contributed by atoms with Gasteiger partial charge in [-0.2, -0.15) is 6.08 Å². The average Bonchev–Trinajstić information content (AvgIpc) is 3.04. The van der Waals surface area contributed by atoms with E-state index in [0.717, 1.165) is 6.42 Å². The molecule has 0 amide bonds. The van der Waals surface area contributed by atoms with Crippen molar-refractivity contribution in [3.8, 4) is 0 Å². The van der Waals surface area contributed by atoms with Gasteiger partial charge in [0.2, 0.25) is 0 Å². The fraction of sp³-hybridized carbons (Fsp3) is 0.130. The van der Waals surface area contributed by atoms with Crippen LogP contribution in [0.25, 0.3) is 0 Å². The molecule has 1 radical (unpaired) electrons. The average molecular weight is 492 g/mol. The molecule has 0 fully saturated rings. The molecule has 0 nitrogen and oxygen atoms in total. The molecule has 28 heavy (non-hydrogen) atoms. The first kappa shape index (κ1) is 38.3. The second-order valence-electron chi connectivity index (χ2n) is 5.76. The van der Waals surface area contributed by atoms with Crippen molar-refractivity contribution in [3.05, 3.63) is 114 Å². The van der Waals surface area contributed by atoms with Crippen LogP contribution in [0.2, 0.25) is 13.1 Å². The van der Waals surface area contributed by atoms with Gasteiger partial charge < -0.3 is 29.7 Å². The first-order valence-corrected chi connectivity index (χ1v) is 12.6. The third-order valence-corrected chi connectivity index (χ3v) is 14.0. The zero-order chi connectivity index (χ0) is 14.7. The molecule has 0 spiro atoms. The van der Waals surface area contributed by atoms with Gasteiger partial charge in [-0.05, 0) is 10.6 Å². The van der Waals surface area contributed by atoms with Gasteiger partial charge in [-0.15, -0.1) is 31.2 Å². The van der Waals surface area contributed by atoms with Gasteiger partial charge >= 0.3 is 17.4 Å². The number of benzene rings is 2. The monoisotopic (exact) mass is 491 g/mol. The number of hydrogen-bond donors (Lipinski definition) is 0. The van der Waals surface area contributed by atoms with Gasteiger partial charge in [0, 0.05) is 0 Å². The van der Waals surface area contributed by atoms with Crippen molar-refractivity contribution in [2.24, 2.45) is 0 Å². The minimum Gasteiger partial charge on any atom is -0.358 e. The summed E-state index contributed by atoms with van der Waals surface area (Å²) in [5, 5.41) is 4.47. The summed E-state index contributed by atoms with van der Waals surface area (Å²) >= 11 is 0. The van der Waals surface area contributed by atoms with Crippen LogP contribution in [0.3, 0.4) is 0 Å². The number of allylic oxidation sites excluding steroid dienone is 4. The summed E-state index contributed by atoms with van der Waals surface area (Å²) in [4.78, 5) is 0. The topological polar surface area (TPSA) is 0 Å². The molecule has 0 atom stereocenters. The Labute approximate surface area is 200 Å². The Kier molecular flexibility index (Phi) is 24.0. The van der Waals surface area contributed by atoms with E-state index in [4.69, 9.17) is 0 Å². The van der Waals surface area contributed by atoms with Crippen LogP contribution in [-0.2, 0) is 17.4 Å². The van der Waals surface area contributed by atoms with E-state index >= 15 is 0 Å². The van der Waals surface area contributed by atoms with E-state index in [1.54, 1.807) is 0 Å². The maximum atomic E-state index is 3.60. The molecule has 0 N–H and O–H groups in total. The van der Waals surface area contributed by atoms with E-state index in [1.165, 1.54) is 15.8 Å². The third kappa shape index (κ3) is 8.59. The van der Waals surface area contributed by atoms with Crippen molar-refractivity contribution in [2.45, 2.75) is 19.5 Å². The number of hydrogen-bond acceptors (Lipinski definition) is 0. The van der Waals surface area contributed by atoms with Crippen LogP contribution < -0.4 is 10.6 Å². The van der Waals surface area contributed by atoms with E-state index in [-0.39, 0.29) is 79.4 Å². The van der Waals surface area contributed by atoms with Crippen molar-refractivity contribution < 1.29 is 17.4 Å². The van der Waals surface area contributed by atoms with Crippen molar-refractivity contribution >= 4 is 50.6 Å². The third-order valence-electron chi connectivity index (χ3n) is 3.94. The van der Waals surface area contributed by atoms with Crippen LogP contribution >= 0.6 is 32.3 Å². The molecule has 155 valence electrons. The Hall–Kier alpha value is -0.321. The van der Waals surface area contributed by atoms with Crippen LogP contribution in [0.4, 0.5) is 0 Å². The molecule has 0 saturated heterocycles. The summed E-state index contributed by atoms with van der Waals surface area (Å²) in [6, 6.07) is 22.1. The van der Waals surface area contributed by atoms with Gasteiger partial charge in [0.05, 0.1) is 7.74 Å². The molecular formula is C23H34Cl2CrPSi. The summed E-state index contributed by atoms with van der Waals surface area (Å²) in [6.45, 7) is 4.99. The normalized spacial score (nSPS) is 10.9. The molecular weight excluding hydrogens is 458 g/mol. The predicted octanol–water partition coefficient (Wildman–Crippen LogP) is 7.20. The smallest absolute Gasteiger partial charge is 0.358 e. The van der Waals surface area contributed by atoms with Gasteiger partial charge in [-0.3, -0.25) is 6.08 Å². The molecule has 0 aliphatic heterocycles. The summed E-state index contributed by atoms with van der Waals surface area (Å²) in [6.07, 6.45) is 9.14. The van der Waals surface area contributed by atoms with Gasteiger partial charge in [-0.1, -0.05) is 81.2 Å². The quantitative estimate of drug-likeness (QED) is 0.241. The summed E-state index contributed by atoms with van der Waals surface area (Å²) in [5.41, 5.74) is 0. The minimum atomic E-state index is -1.60. The molecule has 0 aromatic heterocycles. The van der Waals surface area contributed by atoms with Crippen molar-refractivity contribution in [1.29, 1.82) is 0 Å². The Bertz CT molecular complexity index is 634. The molecule has 1 aliphatic rings. The van der Waals surface area contributed by atoms with E-state index in [9.17, 15) is 0 Å². The molecule has 0 bridgehead atoms. The van der Waals surface area contributed by atoms with Gasteiger partial charge in [0.1, 0.15) is 0 Å². The second kappa shape index (κ2) is 17.5. The molecule has 0 saturated carbocycles. The summed E-state index contributed by atoms with van der Waals surface area (Å²) < 4.78 is 0. The molecule has 3 rings (SSSR count). The van der Waals surface area contributed by atoms with Crippen LogP contribution in [-0.4, -0.2) is 7.74 Å². The van der Waals surface area contributed by atoms with E-state index in [2.05, 4.69) is 92.0 Å². The first-order chi connectivity index (χ1) is 10.2. The van der Waals surface area contributed by atoms with Gasteiger partial charge in [-0.25, -0.2) is 11.3 Å². The zero-order valence-electron chi connectivity index (χ0n) is 17.8. The Morgan fingerprint density at radius 3 is 1.46 bits per heavy atom. The van der Waals surface area contributed by atoms with Crippen LogP contribution in [0.15, 0.2) is 78.0 Å². The zero-order valence-corrected chi connectivity index (χ0v) is 22.6. The Balaban J connectivity index is -0.000000252. The summed E-state index contributed by atoms with van der Waals surface area (Å²) in [5.74, 6) is 0. The second-order valence-corrected chi connectivity index (χ2v) is 15.8. The van der Waals surface area contributed by atoms with Gasteiger partial charge in [0.15, 0.2) is 0 Å². The minimum absolute atomic E-state index is 0. The van der Waals surface area contributed by atoms with Crippen molar-refractivity contribution in [3.63, 3.8) is 0 Å². The van der Waals surface area contributed by atoms with E-state index in [1.807, 2.05) is 0 Å². The van der Waals surface area contributed by atoms with E-state index in [0.29, 0.717) is 0 Å². The maximum absolute atomic E-state index is 3.60. The Morgan fingerprint density at radius 1 is 0.750 bits per heavy atom. The van der Waals surface area contributed by atoms with Gasteiger partial charge in [0.25, 0.3) is 0 Å². The fourth-order valence-corrected chi connectivity index (χ4v) is 12.7. The number of halogens is 2. The number of rotatable bonds is 4.